The van der Waals surface area contributed by atoms with E-state index >= 15 is 0 Å². The molecule has 0 radical (unpaired) electrons. The van der Waals surface area contributed by atoms with E-state index < -0.39 is 0 Å². The van der Waals surface area contributed by atoms with Gasteiger partial charge in [0.2, 0.25) is 0 Å². The largest absolute Gasteiger partial charge is 0.163 e. The summed E-state index contributed by atoms with van der Waals surface area (Å²) in [6.45, 7) is 8.57. The Morgan fingerprint density at radius 3 is 1.44 bits per heavy atom. The van der Waals surface area contributed by atoms with Crippen LogP contribution >= 0.6 is 42.6 Å². The van der Waals surface area contributed by atoms with Gasteiger partial charge in [0, 0.05) is 0 Å². The molecule has 0 fully saturated rings. The fraction of sp³-hybridized carbons (Fsp3) is 0.571. The zero-order chi connectivity index (χ0) is 14.4. The molecule has 0 heterocycles. The highest BCUT2D eigenvalue weighted by atomic mass is 33.1. The van der Waals surface area contributed by atoms with Crippen LogP contribution in [0.5, 0.6) is 0 Å². The number of hydrogen-bond donors (Lipinski definition) is 0. The van der Waals surface area contributed by atoms with Crippen molar-refractivity contribution >= 4 is 47.9 Å². The molecule has 0 aromatic heterocycles. The molecular formula is C14H27PS3. The summed E-state index contributed by atoms with van der Waals surface area (Å²) >= 11 is 1.96. The van der Waals surface area contributed by atoms with E-state index in [9.17, 15) is 0 Å². The monoisotopic (exact) mass is 322 g/mol. The highest BCUT2D eigenvalue weighted by Gasteiger charge is 1.87. The van der Waals surface area contributed by atoms with Crippen molar-refractivity contribution in [3.8, 4) is 0 Å². The summed E-state index contributed by atoms with van der Waals surface area (Å²) in [5.41, 5.74) is 2.67. The van der Waals surface area contributed by atoms with Gasteiger partial charge in [-0.05, 0) is 43.2 Å². The van der Waals surface area contributed by atoms with Gasteiger partial charge in [-0.15, -0.1) is 9.24 Å². The van der Waals surface area contributed by atoms with E-state index in [4.69, 9.17) is 0 Å². The van der Waals surface area contributed by atoms with Crippen molar-refractivity contribution in [3.63, 3.8) is 0 Å². The summed E-state index contributed by atoms with van der Waals surface area (Å²) in [5, 5.41) is 1.27. The fourth-order valence-electron chi connectivity index (χ4n) is 1.21. The number of rotatable bonds is 3. The van der Waals surface area contributed by atoms with Crippen molar-refractivity contribution in [3.05, 3.63) is 29.3 Å². The molecule has 18 heavy (non-hydrogen) atoms. The minimum absolute atomic E-state index is 1.26. The Labute approximate surface area is 128 Å². The van der Waals surface area contributed by atoms with Crippen molar-refractivity contribution in [1.82, 2.24) is 0 Å². The van der Waals surface area contributed by atoms with Crippen LogP contribution in [0.3, 0.4) is 0 Å². The van der Waals surface area contributed by atoms with E-state index in [2.05, 4.69) is 67.6 Å². The molecular weight excluding hydrogens is 295 g/mol. The van der Waals surface area contributed by atoms with Gasteiger partial charge < -0.3 is 0 Å². The van der Waals surface area contributed by atoms with Crippen LogP contribution in [0, 0.1) is 13.8 Å². The molecule has 106 valence electrons. The van der Waals surface area contributed by atoms with E-state index in [0.29, 0.717) is 0 Å². The van der Waals surface area contributed by atoms with E-state index in [-0.39, 0.29) is 0 Å². The maximum Gasteiger partial charge on any atom is -0.00793 e. The fourth-order valence-corrected chi connectivity index (χ4v) is 2.15. The van der Waals surface area contributed by atoms with Crippen LogP contribution in [0.25, 0.3) is 0 Å². The Hall–Kier alpha value is 0.700. The molecule has 0 saturated carbocycles. The van der Waals surface area contributed by atoms with Crippen molar-refractivity contribution in [1.29, 1.82) is 0 Å². The topological polar surface area (TPSA) is 0 Å². The molecule has 1 atom stereocenters. The lowest BCUT2D eigenvalue weighted by Gasteiger charge is -1.96. The SMILES string of the molecule is CCSCC.CSSC.Cc1cc(C)cc(P)c1. The minimum Gasteiger partial charge on any atom is -0.163 e. The Kier molecular flexibility index (Phi) is 18.4. The van der Waals surface area contributed by atoms with Crippen LogP contribution < -0.4 is 5.30 Å². The quantitative estimate of drug-likeness (QED) is 0.555. The zero-order valence-electron chi connectivity index (χ0n) is 12.4. The lowest BCUT2D eigenvalue weighted by atomic mass is 10.2. The predicted molar refractivity (Wildman–Crippen MR) is 101 cm³/mol. The first kappa shape index (κ1) is 21.0. The molecule has 4 heteroatoms. The molecule has 0 N–H and O–H groups in total. The molecule has 0 aliphatic rings. The Balaban J connectivity index is 0. The van der Waals surface area contributed by atoms with Gasteiger partial charge in [-0.3, -0.25) is 0 Å². The lowest BCUT2D eigenvalue weighted by Crippen LogP contribution is -1.91. The first-order valence-electron chi connectivity index (χ1n) is 6.00. The van der Waals surface area contributed by atoms with Crippen LogP contribution in [-0.4, -0.2) is 24.0 Å². The Bertz CT molecular complexity index is 236. The summed E-state index contributed by atoms with van der Waals surface area (Å²) in [6, 6.07) is 6.48. The van der Waals surface area contributed by atoms with Crippen molar-refractivity contribution < 1.29 is 0 Å². The number of thioether (sulfide) groups is 1. The number of benzene rings is 1. The summed E-state index contributed by atoms with van der Waals surface area (Å²) in [6.07, 6.45) is 4.12. The standard InChI is InChI=1S/C8H11P.C4H10S.C2H6S2/c1-6-3-7(2)5-8(9)4-6;1-3-5-4-2;1-3-4-2/h3-5H,9H2,1-2H3;3-4H2,1-2H3;1-2H3. The van der Waals surface area contributed by atoms with E-state index in [0.717, 1.165) is 0 Å². The second-order valence-electron chi connectivity index (χ2n) is 3.54. The molecule has 1 unspecified atom stereocenters. The highest BCUT2D eigenvalue weighted by Crippen LogP contribution is 2.09. The number of hydrogen-bond acceptors (Lipinski definition) is 3. The minimum atomic E-state index is 1.26. The third-order valence-corrected chi connectivity index (χ3v) is 4.30. The van der Waals surface area contributed by atoms with Crippen LogP contribution in [0.1, 0.15) is 25.0 Å². The molecule has 1 rings (SSSR count). The van der Waals surface area contributed by atoms with Gasteiger partial charge in [-0.25, -0.2) is 0 Å². The molecule has 1 aromatic rings. The average Bonchev–Trinajstić information content (AvgIpc) is 2.29. The maximum atomic E-state index is 2.70. The predicted octanol–water partition coefficient (Wildman–Crippen LogP) is 5.19. The first-order chi connectivity index (χ1) is 8.51. The zero-order valence-corrected chi connectivity index (χ0v) is 16.1. The molecule has 0 aliphatic heterocycles. The Morgan fingerprint density at radius 1 is 0.889 bits per heavy atom. The van der Waals surface area contributed by atoms with Crippen molar-refractivity contribution in [2.45, 2.75) is 27.7 Å². The van der Waals surface area contributed by atoms with Gasteiger partial charge in [-0.2, -0.15) is 11.8 Å². The Morgan fingerprint density at radius 2 is 1.28 bits per heavy atom. The van der Waals surface area contributed by atoms with Gasteiger partial charge >= 0.3 is 0 Å². The van der Waals surface area contributed by atoms with Gasteiger partial charge in [0.05, 0.1) is 0 Å². The summed E-state index contributed by atoms with van der Waals surface area (Å²) in [4.78, 5) is 0. The third-order valence-electron chi connectivity index (χ3n) is 1.82. The van der Waals surface area contributed by atoms with Crippen LogP contribution in [0.15, 0.2) is 18.2 Å². The summed E-state index contributed by atoms with van der Waals surface area (Å²) in [5.74, 6) is 2.52. The second-order valence-corrected chi connectivity index (χ2v) is 8.43. The van der Waals surface area contributed by atoms with Crippen molar-refractivity contribution in [2.24, 2.45) is 0 Å². The van der Waals surface area contributed by atoms with Gasteiger partial charge in [-0.1, -0.05) is 64.8 Å². The third kappa shape index (κ3) is 16.7. The first-order valence-corrected chi connectivity index (χ1v) is 10.7. The summed E-state index contributed by atoms with van der Waals surface area (Å²) in [7, 11) is 6.24. The normalized spacial score (nSPS) is 8.83. The van der Waals surface area contributed by atoms with Crippen LogP contribution in [-0.2, 0) is 0 Å². The van der Waals surface area contributed by atoms with E-state index in [1.165, 1.54) is 27.9 Å². The molecule has 0 nitrogen and oxygen atoms in total. The van der Waals surface area contributed by atoms with Gasteiger partial charge in [0.15, 0.2) is 0 Å². The molecule has 0 spiro atoms. The average molecular weight is 323 g/mol. The van der Waals surface area contributed by atoms with Gasteiger partial charge in [0.25, 0.3) is 0 Å². The highest BCUT2D eigenvalue weighted by molar-refractivity contribution is 8.76. The molecule has 0 saturated heterocycles. The smallest absolute Gasteiger partial charge is 0.00793 e. The van der Waals surface area contributed by atoms with Crippen LogP contribution in [0.2, 0.25) is 0 Å². The van der Waals surface area contributed by atoms with Gasteiger partial charge in [0.1, 0.15) is 0 Å². The van der Waals surface area contributed by atoms with E-state index in [1.54, 1.807) is 21.6 Å². The lowest BCUT2D eigenvalue weighted by molar-refractivity contribution is 1.41. The molecule has 0 bridgehead atoms. The molecule has 0 amide bonds. The van der Waals surface area contributed by atoms with Crippen molar-refractivity contribution in [2.75, 3.05) is 24.0 Å². The number of aryl methyl sites for hydroxylation is 2. The molecule has 0 aliphatic carbocycles. The molecule has 1 aromatic carbocycles. The second kappa shape index (κ2) is 15.8. The summed E-state index contributed by atoms with van der Waals surface area (Å²) < 4.78 is 0. The van der Waals surface area contributed by atoms with Crippen LogP contribution in [0.4, 0.5) is 0 Å². The maximum absolute atomic E-state index is 2.70. The van der Waals surface area contributed by atoms with E-state index in [1.807, 2.05) is 11.8 Å².